The fraction of sp³-hybridized carbons (Fsp3) is 0.333. The Labute approximate surface area is 134 Å². The van der Waals surface area contributed by atoms with E-state index in [2.05, 4.69) is 25.6 Å². The number of nitrogens with zero attached hydrogens (tertiary/aromatic N) is 4. The third kappa shape index (κ3) is 2.19. The molecule has 0 unspecified atom stereocenters. The zero-order chi connectivity index (χ0) is 16.9. The molecule has 0 bridgehead atoms. The van der Waals surface area contributed by atoms with E-state index in [0.717, 1.165) is 42.9 Å². The van der Waals surface area contributed by atoms with Crippen LogP contribution in [0.15, 0.2) is 12.1 Å². The number of nitrogen functional groups attached to an aromatic ring is 1. The van der Waals surface area contributed by atoms with Crippen molar-refractivity contribution in [1.29, 1.82) is 0 Å². The molecule has 24 heavy (non-hydrogen) atoms. The number of rotatable bonds is 1. The number of benzene rings is 1. The monoisotopic (exact) mass is 334 g/mol. The van der Waals surface area contributed by atoms with Crippen molar-refractivity contribution in [3.05, 3.63) is 28.8 Å². The summed E-state index contributed by atoms with van der Waals surface area (Å²) in [4.78, 5) is 0. The minimum Gasteiger partial charge on any atom is -0.382 e. The van der Waals surface area contributed by atoms with Gasteiger partial charge in [0.25, 0.3) is 0 Å². The summed E-state index contributed by atoms with van der Waals surface area (Å²) >= 11 is 0. The Morgan fingerprint density at radius 1 is 0.958 bits per heavy atom. The van der Waals surface area contributed by atoms with Gasteiger partial charge in [-0.15, -0.1) is 10.2 Å². The molecule has 2 heterocycles. The van der Waals surface area contributed by atoms with E-state index < -0.39 is 11.7 Å². The first kappa shape index (κ1) is 14.9. The van der Waals surface area contributed by atoms with Crippen LogP contribution in [0.4, 0.5) is 19.0 Å². The Balaban J connectivity index is 1.98. The van der Waals surface area contributed by atoms with Gasteiger partial charge in [0.1, 0.15) is 16.9 Å². The van der Waals surface area contributed by atoms with Gasteiger partial charge in [0.15, 0.2) is 0 Å². The molecular weight excluding hydrogens is 321 g/mol. The number of alkyl halides is 3. The number of anilines is 1. The van der Waals surface area contributed by atoms with Gasteiger partial charge in [-0.25, -0.2) is 0 Å². The lowest BCUT2D eigenvalue weighted by Crippen LogP contribution is -2.12. The number of nitrogens with two attached hydrogens (primary N) is 1. The van der Waals surface area contributed by atoms with Gasteiger partial charge in [0, 0.05) is 11.1 Å². The molecule has 0 aliphatic heterocycles. The molecule has 3 N–H and O–H groups in total. The third-order valence-corrected chi connectivity index (χ3v) is 4.36. The number of hydrogen-bond donors (Lipinski definition) is 2. The summed E-state index contributed by atoms with van der Waals surface area (Å²) in [6, 6.07) is 2.39. The highest BCUT2D eigenvalue weighted by Crippen LogP contribution is 2.39. The Morgan fingerprint density at radius 2 is 1.67 bits per heavy atom. The lowest BCUT2D eigenvalue weighted by Gasteiger charge is -2.19. The molecule has 0 radical (unpaired) electrons. The van der Waals surface area contributed by atoms with Crippen LogP contribution >= 0.6 is 0 Å². The summed E-state index contributed by atoms with van der Waals surface area (Å²) in [5, 5.41) is 18.0. The summed E-state index contributed by atoms with van der Waals surface area (Å²) in [7, 11) is 0. The van der Waals surface area contributed by atoms with E-state index in [9.17, 15) is 13.2 Å². The highest BCUT2D eigenvalue weighted by Gasteiger charge is 2.35. The van der Waals surface area contributed by atoms with E-state index in [0.29, 0.717) is 17.1 Å². The zero-order valence-corrected chi connectivity index (χ0v) is 12.5. The lowest BCUT2D eigenvalue weighted by atomic mass is 9.89. The van der Waals surface area contributed by atoms with E-state index in [1.54, 1.807) is 0 Å². The van der Waals surface area contributed by atoms with Crippen molar-refractivity contribution in [2.24, 2.45) is 0 Å². The van der Waals surface area contributed by atoms with Gasteiger partial charge in [-0.1, -0.05) is 0 Å². The summed E-state index contributed by atoms with van der Waals surface area (Å²) < 4.78 is 39.4. The number of fused-ring (bicyclic) bond motifs is 2. The van der Waals surface area contributed by atoms with Crippen LogP contribution in [0.2, 0.25) is 0 Å². The fourth-order valence-corrected chi connectivity index (χ4v) is 3.24. The van der Waals surface area contributed by atoms with Crippen LogP contribution in [0, 0.1) is 0 Å². The molecule has 0 amide bonds. The largest absolute Gasteiger partial charge is 0.418 e. The number of nitrogens with one attached hydrogen (secondary N) is 1. The van der Waals surface area contributed by atoms with Crippen molar-refractivity contribution in [2.75, 3.05) is 5.73 Å². The second-order valence-corrected chi connectivity index (χ2v) is 5.78. The average molecular weight is 334 g/mol. The molecule has 6 nitrogen and oxygen atoms in total. The van der Waals surface area contributed by atoms with Crippen molar-refractivity contribution in [2.45, 2.75) is 31.9 Å². The number of halogens is 3. The molecule has 3 aromatic rings. The van der Waals surface area contributed by atoms with Gasteiger partial charge in [-0.2, -0.15) is 28.6 Å². The van der Waals surface area contributed by atoms with Crippen LogP contribution in [0.3, 0.4) is 0 Å². The van der Waals surface area contributed by atoms with Gasteiger partial charge in [0.05, 0.1) is 11.3 Å². The summed E-state index contributed by atoms with van der Waals surface area (Å²) in [6.45, 7) is 0. The van der Waals surface area contributed by atoms with Gasteiger partial charge in [-0.3, -0.25) is 0 Å². The molecule has 0 saturated carbocycles. The van der Waals surface area contributed by atoms with E-state index in [4.69, 9.17) is 5.73 Å². The molecule has 1 aliphatic rings. The predicted octanol–water partition coefficient (Wildman–Crippen LogP) is 2.89. The maximum absolute atomic E-state index is 13.1. The Hall–Kier alpha value is -2.71. The predicted molar refractivity (Wildman–Crippen MR) is 81.0 cm³/mol. The molecule has 124 valence electrons. The second-order valence-electron chi connectivity index (χ2n) is 5.78. The van der Waals surface area contributed by atoms with Crippen LogP contribution in [0.1, 0.15) is 29.5 Å². The molecule has 1 aromatic carbocycles. The Bertz CT molecular complexity index is 931. The fourth-order valence-electron chi connectivity index (χ4n) is 3.24. The maximum Gasteiger partial charge on any atom is 0.418 e. The molecule has 0 saturated heterocycles. The topological polar surface area (TPSA) is 93.4 Å². The zero-order valence-electron chi connectivity index (χ0n) is 12.5. The lowest BCUT2D eigenvalue weighted by molar-refractivity contribution is -0.136. The van der Waals surface area contributed by atoms with Gasteiger partial charge in [0.2, 0.25) is 0 Å². The molecule has 0 atom stereocenters. The SMILES string of the molecule is Nc1nnc(-c2ccc(C(F)(F)F)c3n[nH]nc23)c2c1CCCC2. The van der Waals surface area contributed by atoms with Crippen molar-refractivity contribution >= 4 is 16.9 Å². The number of hydrogen-bond acceptors (Lipinski definition) is 5. The van der Waals surface area contributed by atoms with Crippen LogP contribution < -0.4 is 5.73 Å². The van der Waals surface area contributed by atoms with Crippen LogP contribution in [-0.4, -0.2) is 25.6 Å². The molecule has 0 spiro atoms. The van der Waals surface area contributed by atoms with Crippen molar-refractivity contribution in [3.8, 4) is 11.3 Å². The van der Waals surface area contributed by atoms with Crippen LogP contribution in [0.5, 0.6) is 0 Å². The van der Waals surface area contributed by atoms with Crippen LogP contribution in [-0.2, 0) is 19.0 Å². The highest BCUT2D eigenvalue weighted by molar-refractivity contribution is 5.93. The minimum absolute atomic E-state index is 0.136. The van der Waals surface area contributed by atoms with Crippen molar-refractivity contribution < 1.29 is 13.2 Å². The first-order valence-corrected chi connectivity index (χ1v) is 7.52. The average Bonchev–Trinajstić information content (AvgIpc) is 3.03. The normalized spacial score (nSPS) is 14.8. The molecule has 9 heteroatoms. The molecular formula is C15H13F3N6. The van der Waals surface area contributed by atoms with Gasteiger partial charge < -0.3 is 5.73 Å². The van der Waals surface area contributed by atoms with E-state index >= 15 is 0 Å². The van der Waals surface area contributed by atoms with Crippen molar-refractivity contribution in [1.82, 2.24) is 25.6 Å². The summed E-state index contributed by atoms with van der Waals surface area (Å²) in [6.07, 6.45) is -0.945. The molecule has 1 aliphatic carbocycles. The van der Waals surface area contributed by atoms with Crippen molar-refractivity contribution in [3.63, 3.8) is 0 Å². The quantitative estimate of drug-likeness (QED) is 0.714. The molecule has 0 fully saturated rings. The first-order valence-electron chi connectivity index (χ1n) is 7.52. The highest BCUT2D eigenvalue weighted by atomic mass is 19.4. The van der Waals surface area contributed by atoms with Gasteiger partial charge >= 0.3 is 6.18 Å². The van der Waals surface area contributed by atoms with E-state index in [1.165, 1.54) is 6.07 Å². The van der Waals surface area contributed by atoms with E-state index in [1.807, 2.05) is 0 Å². The standard InChI is InChI=1S/C15H13F3N6/c16-15(17,18)10-6-5-9(12-13(10)22-24-21-12)11-7-3-1-2-4-8(7)14(19)23-20-11/h5-6H,1-4H2,(H2,19,23)(H,21,22,24). The second kappa shape index (κ2) is 5.15. The molecule has 2 aromatic heterocycles. The van der Waals surface area contributed by atoms with Gasteiger partial charge in [-0.05, 0) is 43.4 Å². The summed E-state index contributed by atoms with van der Waals surface area (Å²) in [5.41, 5.74) is 7.89. The number of aromatic amines is 1. The first-order chi connectivity index (χ1) is 11.5. The third-order valence-electron chi connectivity index (χ3n) is 4.36. The maximum atomic E-state index is 13.1. The molecule has 4 rings (SSSR count). The Kier molecular flexibility index (Phi) is 3.19. The smallest absolute Gasteiger partial charge is 0.382 e. The number of H-pyrrole nitrogens is 1. The van der Waals surface area contributed by atoms with Crippen LogP contribution in [0.25, 0.3) is 22.3 Å². The number of aromatic nitrogens is 5. The Morgan fingerprint density at radius 3 is 2.42 bits per heavy atom. The van der Waals surface area contributed by atoms with E-state index in [-0.39, 0.29) is 11.0 Å². The summed E-state index contributed by atoms with van der Waals surface area (Å²) in [5.74, 6) is 0.386. The minimum atomic E-state index is -4.50.